The number of rotatable bonds is 11. The zero-order valence-electron chi connectivity index (χ0n) is 20.2. The highest BCUT2D eigenvalue weighted by Gasteiger charge is 2.39. The molecule has 1 aromatic carbocycles. The molecule has 0 radical (unpaired) electrons. The second kappa shape index (κ2) is 11.0. The number of nitrogens with one attached hydrogen (secondary N) is 2. The quantitative estimate of drug-likeness (QED) is 0.361. The lowest BCUT2D eigenvalue weighted by atomic mass is 9.99. The van der Waals surface area contributed by atoms with E-state index in [0.29, 0.717) is 6.42 Å². The van der Waals surface area contributed by atoms with Gasteiger partial charge in [0.25, 0.3) is 11.8 Å². The van der Waals surface area contributed by atoms with Gasteiger partial charge in [-0.15, -0.1) is 10.2 Å². The minimum atomic E-state index is -0.996. The molecule has 0 unspecified atom stereocenters. The van der Waals surface area contributed by atoms with Gasteiger partial charge in [-0.2, -0.15) is 0 Å². The number of amides is 4. The molecule has 3 rings (SSSR count). The van der Waals surface area contributed by atoms with Gasteiger partial charge in [0.05, 0.1) is 12.5 Å². The van der Waals surface area contributed by atoms with E-state index in [2.05, 4.69) is 20.8 Å². The Kier molecular flexibility index (Phi) is 8.10. The highest BCUT2D eigenvalue weighted by atomic mass is 16.4. The number of Topliss-reactive ketones (excluding diaryl/α,β-unsaturated/α-hetero) is 2. The third-order valence-corrected chi connectivity index (χ3v) is 5.57. The van der Waals surface area contributed by atoms with E-state index in [-0.39, 0.29) is 36.3 Å². The molecular weight excluding hydrogens is 454 g/mol. The van der Waals surface area contributed by atoms with E-state index >= 15 is 0 Å². The van der Waals surface area contributed by atoms with Crippen LogP contribution in [0.15, 0.2) is 28.7 Å². The van der Waals surface area contributed by atoms with Crippen LogP contribution in [0, 0.1) is 12.8 Å². The zero-order chi connectivity index (χ0) is 25.7. The zero-order valence-corrected chi connectivity index (χ0v) is 20.2. The van der Waals surface area contributed by atoms with Crippen molar-refractivity contribution < 1.29 is 28.4 Å². The Labute approximate surface area is 202 Å². The third-order valence-electron chi connectivity index (χ3n) is 5.57. The van der Waals surface area contributed by atoms with E-state index in [1.807, 2.05) is 31.2 Å². The van der Waals surface area contributed by atoms with Crippen LogP contribution in [0.1, 0.15) is 61.3 Å². The average molecular weight is 484 g/mol. The molecule has 0 bridgehead atoms. The molecule has 1 fully saturated rings. The highest BCUT2D eigenvalue weighted by Crippen LogP contribution is 2.15. The Balaban J connectivity index is 1.62. The predicted octanol–water partition coefficient (Wildman–Crippen LogP) is 1.58. The first-order valence-electron chi connectivity index (χ1n) is 11.4. The summed E-state index contributed by atoms with van der Waals surface area (Å²) in [6.45, 7) is 6.27. The van der Waals surface area contributed by atoms with Crippen molar-refractivity contribution >= 4 is 29.4 Å². The van der Waals surface area contributed by atoms with Crippen LogP contribution in [0.2, 0.25) is 0 Å². The molecular formula is C24H29N5O6. The molecule has 1 aliphatic heterocycles. The normalized spacial score (nSPS) is 16.4. The molecule has 0 spiro atoms. The fraction of sp³-hybridized carbons (Fsp3) is 0.458. The molecule has 11 heteroatoms. The van der Waals surface area contributed by atoms with Gasteiger partial charge in [-0.1, -0.05) is 43.7 Å². The van der Waals surface area contributed by atoms with Gasteiger partial charge in [-0.3, -0.25) is 19.3 Å². The Hall–Kier alpha value is -3.89. The van der Waals surface area contributed by atoms with Crippen molar-refractivity contribution in [3.63, 3.8) is 0 Å². The molecule has 1 saturated heterocycles. The summed E-state index contributed by atoms with van der Waals surface area (Å²) in [5, 5.41) is 12.8. The van der Waals surface area contributed by atoms with E-state index in [0.717, 1.165) is 16.0 Å². The van der Waals surface area contributed by atoms with Crippen LogP contribution < -0.4 is 10.6 Å². The lowest BCUT2D eigenvalue weighted by molar-refractivity contribution is -0.132. The number of carbonyl (C=O) groups is 5. The molecule has 4 amide bonds. The number of imide groups is 1. The molecule has 1 aromatic heterocycles. The summed E-state index contributed by atoms with van der Waals surface area (Å²) < 4.78 is 5.55. The second-order valence-electron chi connectivity index (χ2n) is 8.99. The van der Waals surface area contributed by atoms with Gasteiger partial charge in [0.15, 0.2) is 0 Å². The van der Waals surface area contributed by atoms with Gasteiger partial charge in [-0.05, 0) is 31.7 Å². The summed E-state index contributed by atoms with van der Waals surface area (Å²) in [6.07, 6.45) is 0.654. The fourth-order valence-electron chi connectivity index (χ4n) is 3.72. The molecule has 0 saturated carbocycles. The monoisotopic (exact) mass is 483 g/mol. The van der Waals surface area contributed by atoms with E-state index < -0.39 is 42.3 Å². The van der Waals surface area contributed by atoms with Crippen molar-refractivity contribution in [2.24, 2.45) is 5.92 Å². The van der Waals surface area contributed by atoms with Gasteiger partial charge in [0.2, 0.25) is 17.6 Å². The van der Waals surface area contributed by atoms with Crippen LogP contribution in [-0.4, -0.2) is 63.1 Å². The van der Waals surface area contributed by atoms with Crippen LogP contribution in [0.4, 0.5) is 4.79 Å². The minimum absolute atomic E-state index is 0.107. The second-order valence-corrected chi connectivity index (χ2v) is 8.99. The van der Waals surface area contributed by atoms with Crippen molar-refractivity contribution in [2.45, 2.75) is 59.0 Å². The van der Waals surface area contributed by atoms with E-state index in [1.165, 1.54) is 6.92 Å². The average Bonchev–Trinajstić information content (AvgIpc) is 3.35. The Bertz CT molecular complexity index is 1140. The number of benzene rings is 1. The summed E-state index contributed by atoms with van der Waals surface area (Å²) in [6, 6.07) is 5.20. The molecule has 2 atom stereocenters. The number of carbonyl (C=O) groups excluding carboxylic acids is 5. The SMILES string of the molecule is CC(=O)CC[C@H]1NC(=O)N(CC(=O)N[C@H](C(=O)c2nnc(Cc3cccc(C)c3)o2)C(C)C)C1=O. The maximum absolute atomic E-state index is 13.0. The highest BCUT2D eigenvalue weighted by molar-refractivity contribution is 6.07. The van der Waals surface area contributed by atoms with Crippen molar-refractivity contribution in [1.82, 2.24) is 25.7 Å². The molecule has 2 heterocycles. The van der Waals surface area contributed by atoms with E-state index in [4.69, 9.17) is 4.42 Å². The fourth-order valence-corrected chi connectivity index (χ4v) is 3.72. The Morgan fingerprint density at radius 1 is 1.20 bits per heavy atom. The standard InChI is InChI=1S/C24H29N5O6/c1-13(2)20(21(32)22-28-27-19(35-22)11-16-7-5-6-14(3)10-16)26-18(31)12-29-23(33)17(25-24(29)34)9-8-15(4)30/h5-7,10,13,17,20H,8-9,11-12H2,1-4H3,(H,25,34)(H,26,31)/t17-,20+/m1/s1. The van der Waals surface area contributed by atoms with E-state index in [1.54, 1.807) is 13.8 Å². The Morgan fingerprint density at radius 2 is 1.94 bits per heavy atom. The number of aryl methyl sites for hydroxylation is 1. The smallest absolute Gasteiger partial charge is 0.325 e. The lowest BCUT2D eigenvalue weighted by Gasteiger charge is -2.21. The lowest BCUT2D eigenvalue weighted by Crippen LogP contribution is -2.49. The van der Waals surface area contributed by atoms with Crippen LogP contribution in [-0.2, 0) is 20.8 Å². The number of nitrogens with zero attached hydrogens (tertiary/aromatic N) is 3. The number of aromatic nitrogens is 2. The summed E-state index contributed by atoms with van der Waals surface area (Å²) in [5.74, 6) is -2.24. The summed E-state index contributed by atoms with van der Waals surface area (Å²) in [7, 11) is 0. The first-order chi connectivity index (χ1) is 16.5. The van der Waals surface area contributed by atoms with Gasteiger partial charge < -0.3 is 19.8 Å². The van der Waals surface area contributed by atoms with Gasteiger partial charge in [0, 0.05) is 6.42 Å². The molecule has 11 nitrogen and oxygen atoms in total. The molecule has 2 aromatic rings. The van der Waals surface area contributed by atoms with E-state index in [9.17, 15) is 24.0 Å². The van der Waals surface area contributed by atoms with Crippen molar-refractivity contribution in [3.8, 4) is 0 Å². The summed E-state index contributed by atoms with van der Waals surface area (Å²) >= 11 is 0. The molecule has 2 N–H and O–H groups in total. The van der Waals surface area contributed by atoms with Gasteiger partial charge in [-0.25, -0.2) is 4.79 Å². The Morgan fingerprint density at radius 3 is 2.60 bits per heavy atom. The van der Waals surface area contributed by atoms with Gasteiger partial charge >= 0.3 is 6.03 Å². The number of hydrogen-bond acceptors (Lipinski definition) is 8. The number of hydrogen-bond donors (Lipinski definition) is 2. The van der Waals surface area contributed by atoms with Crippen molar-refractivity contribution in [2.75, 3.05) is 6.54 Å². The first-order valence-corrected chi connectivity index (χ1v) is 11.4. The third kappa shape index (κ3) is 6.58. The molecule has 186 valence electrons. The van der Waals surface area contributed by atoms with Crippen LogP contribution in [0.5, 0.6) is 0 Å². The topological polar surface area (TPSA) is 152 Å². The molecule has 1 aliphatic rings. The van der Waals surface area contributed by atoms with Crippen molar-refractivity contribution in [3.05, 3.63) is 47.2 Å². The number of urea groups is 1. The predicted molar refractivity (Wildman–Crippen MR) is 123 cm³/mol. The summed E-state index contributed by atoms with van der Waals surface area (Å²) in [4.78, 5) is 62.2. The minimum Gasteiger partial charge on any atom is -0.418 e. The molecule has 35 heavy (non-hydrogen) atoms. The first kappa shape index (κ1) is 25.7. The van der Waals surface area contributed by atoms with Gasteiger partial charge in [0.1, 0.15) is 18.4 Å². The van der Waals surface area contributed by atoms with Crippen LogP contribution in [0.3, 0.4) is 0 Å². The number of ketones is 2. The van der Waals surface area contributed by atoms with Crippen LogP contribution in [0.25, 0.3) is 0 Å². The van der Waals surface area contributed by atoms with Crippen molar-refractivity contribution in [1.29, 1.82) is 0 Å². The molecule has 0 aliphatic carbocycles. The van der Waals surface area contributed by atoms with Crippen LogP contribution >= 0.6 is 0 Å². The maximum atomic E-state index is 13.0. The largest absolute Gasteiger partial charge is 0.418 e. The maximum Gasteiger partial charge on any atom is 0.325 e. The summed E-state index contributed by atoms with van der Waals surface area (Å²) in [5.41, 5.74) is 2.03.